The molecule has 2 aliphatic rings. The molecule has 0 fully saturated rings. The highest BCUT2D eigenvalue weighted by Gasteiger charge is 2.16. The van der Waals surface area contributed by atoms with Gasteiger partial charge in [0.25, 0.3) is 0 Å². The Labute approximate surface area is 141 Å². The predicted molar refractivity (Wildman–Crippen MR) is 95.4 cm³/mol. The van der Waals surface area contributed by atoms with Gasteiger partial charge in [0.1, 0.15) is 0 Å². The molecule has 4 rings (SSSR count). The highest BCUT2D eigenvalue weighted by atomic mass is 35.5. The number of fused-ring (bicyclic) bond motifs is 3. The zero-order valence-electron chi connectivity index (χ0n) is 12.2. The molecule has 0 nitrogen and oxygen atoms in total. The summed E-state index contributed by atoms with van der Waals surface area (Å²) in [6, 6.07) is 13.5. The Morgan fingerprint density at radius 1 is 0.773 bits per heavy atom. The van der Waals surface area contributed by atoms with Crippen LogP contribution in [0.4, 0.5) is 0 Å². The van der Waals surface area contributed by atoms with Crippen LogP contribution in [0.15, 0.2) is 48.0 Å². The second-order valence-electron chi connectivity index (χ2n) is 6.04. The van der Waals surface area contributed by atoms with Crippen molar-refractivity contribution in [2.24, 2.45) is 0 Å². The monoisotopic (exact) mass is 326 g/mol. The number of allylic oxidation sites excluding steroid dienone is 2. The van der Waals surface area contributed by atoms with Crippen LogP contribution in [-0.2, 0) is 25.7 Å². The first-order valence-corrected chi connectivity index (χ1v) is 8.48. The summed E-state index contributed by atoms with van der Waals surface area (Å²) in [5.74, 6) is 0. The molecule has 4 bridgehead atoms. The normalized spacial score (nSPS) is 20.5. The van der Waals surface area contributed by atoms with E-state index in [9.17, 15) is 0 Å². The fourth-order valence-electron chi connectivity index (χ4n) is 3.43. The minimum absolute atomic E-state index is 0.781. The standard InChI is InChI=1S/C20H16Cl2/c21-12-17-11-20(22)19-10-14-2-1-13-3-5-15(18(17)9-13)7-8-16(19)6-4-14/h3-6,9-12H,1-2,7-8H2/b17-12-,20-11+. The minimum Gasteiger partial charge on any atom is -0.0923 e. The number of hydrogen-bond donors (Lipinski definition) is 0. The van der Waals surface area contributed by atoms with Crippen molar-refractivity contribution in [2.75, 3.05) is 0 Å². The summed E-state index contributed by atoms with van der Waals surface area (Å²) in [6.07, 6.45) is 6.10. The first-order chi connectivity index (χ1) is 10.7. The van der Waals surface area contributed by atoms with Gasteiger partial charge >= 0.3 is 0 Å². The van der Waals surface area contributed by atoms with Gasteiger partial charge in [0, 0.05) is 10.6 Å². The lowest BCUT2D eigenvalue weighted by molar-refractivity contribution is 0.917. The van der Waals surface area contributed by atoms with E-state index in [1.54, 1.807) is 5.54 Å². The first kappa shape index (κ1) is 14.1. The van der Waals surface area contributed by atoms with E-state index in [4.69, 9.17) is 23.2 Å². The summed E-state index contributed by atoms with van der Waals surface area (Å²) in [6.45, 7) is 0. The van der Waals surface area contributed by atoms with Crippen LogP contribution in [0.1, 0.15) is 33.4 Å². The average molecular weight is 327 g/mol. The van der Waals surface area contributed by atoms with Crippen molar-refractivity contribution in [2.45, 2.75) is 25.7 Å². The molecule has 0 atom stereocenters. The molecule has 2 heteroatoms. The lowest BCUT2D eigenvalue weighted by atomic mass is 9.91. The van der Waals surface area contributed by atoms with E-state index in [0.717, 1.165) is 41.9 Å². The maximum absolute atomic E-state index is 6.64. The van der Waals surface area contributed by atoms with Crippen molar-refractivity contribution in [3.8, 4) is 0 Å². The summed E-state index contributed by atoms with van der Waals surface area (Å²) >= 11 is 12.8. The molecule has 0 spiro atoms. The third kappa shape index (κ3) is 2.41. The van der Waals surface area contributed by atoms with Gasteiger partial charge in [-0.25, -0.2) is 0 Å². The molecule has 0 N–H and O–H groups in total. The van der Waals surface area contributed by atoms with Gasteiger partial charge in [-0.15, -0.1) is 0 Å². The summed E-state index contributed by atoms with van der Waals surface area (Å²) in [7, 11) is 0. The quantitative estimate of drug-likeness (QED) is 0.578. The third-order valence-electron chi connectivity index (χ3n) is 4.68. The number of hydrogen-bond acceptors (Lipinski definition) is 0. The first-order valence-electron chi connectivity index (χ1n) is 7.66. The number of aryl methyl sites for hydroxylation is 4. The number of halogens is 2. The molecule has 2 aromatic carbocycles. The van der Waals surface area contributed by atoms with Gasteiger partial charge in [0.05, 0.1) is 0 Å². The van der Waals surface area contributed by atoms with Crippen molar-refractivity contribution in [1.82, 2.24) is 0 Å². The van der Waals surface area contributed by atoms with Gasteiger partial charge in [-0.2, -0.15) is 0 Å². The Hall–Kier alpha value is -1.50. The van der Waals surface area contributed by atoms with Crippen LogP contribution in [-0.4, -0.2) is 0 Å². The van der Waals surface area contributed by atoms with Crippen molar-refractivity contribution < 1.29 is 0 Å². The molecule has 0 aliphatic heterocycles. The molecule has 2 aromatic rings. The summed E-state index contributed by atoms with van der Waals surface area (Å²) in [5, 5.41) is 0.781. The van der Waals surface area contributed by atoms with Crippen molar-refractivity contribution >= 4 is 33.8 Å². The summed E-state index contributed by atoms with van der Waals surface area (Å²) in [4.78, 5) is 0. The fourth-order valence-corrected chi connectivity index (χ4v) is 3.90. The molecule has 2 aliphatic carbocycles. The Balaban J connectivity index is 2.07. The van der Waals surface area contributed by atoms with Gasteiger partial charge < -0.3 is 0 Å². The molecule has 0 saturated carbocycles. The van der Waals surface area contributed by atoms with Crippen LogP contribution >= 0.6 is 23.2 Å². The summed E-state index contributed by atoms with van der Waals surface area (Å²) < 4.78 is 0. The highest BCUT2D eigenvalue weighted by Crippen LogP contribution is 2.34. The Kier molecular flexibility index (Phi) is 3.60. The average Bonchev–Trinajstić information content (AvgIpc) is 2.58. The van der Waals surface area contributed by atoms with Crippen molar-refractivity contribution in [3.05, 3.63) is 81.4 Å². The maximum atomic E-state index is 6.64. The largest absolute Gasteiger partial charge is 0.0923 e. The maximum Gasteiger partial charge on any atom is 0.0487 e. The molecule has 110 valence electrons. The van der Waals surface area contributed by atoms with E-state index in [1.807, 2.05) is 6.08 Å². The van der Waals surface area contributed by atoms with Crippen LogP contribution in [0.5, 0.6) is 0 Å². The topological polar surface area (TPSA) is 0 Å². The smallest absolute Gasteiger partial charge is 0.0487 e. The minimum atomic E-state index is 0.781. The number of rotatable bonds is 0. The molecule has 0 unspecified atom stereocenters. The van der Waals surface area contributed by atoms with E-state index in [-0.39, 0.29) is 0 Å². The van der Waals surface area contributed by atoms with Gasteiger partial charge in [0.2, 0.25) is 0 Å². The second-order valence-corrected chi connectivity index (χ2v) is 6.67. The number of benzene rings is 2. The van der Waals surface area contributed by atoms with Gasteiger partial charge in [-0.1, -0.05) is 53.5 Å². The molecule has 0 amide bonds. The molecular weight excluding hydrogens is 311 g/mol. The molecule has 22 heavy (non-hydrogen) atoms. The molecule has 0 radical (unpaired) electrons. The molecular formula is C20H16Cl2. The van der Waals surface area contributed by atoms with E-state index in [0.29, 0.717) is 0 Å². The van der Waals surface area contributed by atoms with Crippen LogP contribution in [0.25, 0.3) is 10.6 Å². The second kappa shape index (κ2) is 5.61. The van der Waals surface area contributed by atoms with Crippen molar-refractivity contribution in [1.29, 1.82) is 0 Å². The van der Waals surface area contributed by atoms with E-state index >= 15 is 0 Å². The van der Waals surface area contributed by atoms with E-state index in [2.05, 4.69) is 36.4 Å². The van der Waals surface area contributed by atoms with Gasteiger partial charge in [0.15, 0.2) is 0 Å². The molecule has 0 saturated heterocycles. The van der Waals surface area contributed by atoms with Crippen LogP contribution in [0.2, 0.25) is 0 Å². The predicted octanol–water partition coefficient (Wildman–Crippen LogP) is 5.74. The zero-order valence-corrected chi connectivity index (χ0v) is 13.7. The van der Waals surface area contributed by atoms with Crippen molar-refractivity contribution in [3.63, 3.8) is 0 Å². The van der Waals surface area contributed by atoms with Crippen LogP contribution in [0, 0.1) is 0 Å². The Morgan fingerprint density at radius 2 is 1.36 bits per heavy atom. The SMILES string of the molecule is Cl/C=C1/C=C(/Cl)c2cc3ccc2CCc2ccc(cc21)CC3. The Morgan fingerprint density at radius 3 is 2.00 bits per heavy atom. The van der Waals surface area contributed by atoms with Gasteiger partial charge in [-0.3, -0.25) is 0 Å². The van der Waals surface area contributed by atoms with E-state index < -0.39 is 0 Å². The lowest BCUT2D eigenvalue weighted by Gasteiger charge is -2.14. The molecule has 0 aromatic heterocycles. The molecule has 0 heterocycles. The van der Waals surface area contributed by atoms with Crippen LogP contribution < -0.4 is 0 Å². The lowest BCUT2D eigenvalue weighted by Crippen LogP contribution is -2.02. The van der Waals surface area contributed by atoms with E-state index in [1.165, 1.54) is 27.8 Å². The Bertz CT molecular complexity index is 812. The third-order valence-corrected chi connectivity index (χ3v) is 5.23. The van der Waals surface area contributed by atoms with Crippen LogP contribution in [0.3, 0.4) is 0 Å². The fraction of sp³-hybridized carbons (Fsp3) is 0.200. The highest BCUT2D eigenvalue weighted by molar-refractivity contribution is 6.50. The van der Waals surface area contributed by atoms with Gasteiger partial charge in [-0.05, 0) is 76.8 Å². The zero-order chi connectivity index (χ0) is 15.1. The summed E-state index contributed by atoms with van der Waals surface area (Å²) in [5.41, 5.74) is 10.4.